The summed E-state index contributed by atoms with van der Waals surface area (Å²) in [4.78, 5) is 23.9. The van der Waals surface area contributed by atoms with Crippen molar-refractivity contribution in [3.05, 3.63) is 58.5 Å². The second-order valence-electron chi connectivity index (χ2n) is 5.35. The lowest BCUT2D eigenvalue weighted by Crippen LogP contribution is -2.33. The predicted octanol–water partition coefficient (Wildman–Crippen LogP) is 2.67. The first-order valence-corrected chi connectivity index (χ1v) is 6.69. The van der Waals surface area contributed by atoms with E-state index in [1.165, 1.54) is 16.8 Å². The Kier molecular flexibility index (Phi) is 3.12. The van der Waals surface area contributed by atoms with Crippen molar-refractivity contribution in [2.24, 2.45) is 0 Å². The van der Waals surface area contributed by atoms with E-state index in [4.69, 9.17) is 0 Å². The molecule has 21 heavy (non-hydrogen) atoms. The maximum absolute atomic E-state index is 13.3. The monoisotopic (exact) mass is 287 g/mol. The van der Waals surface area contributed by atoms with Gasteiger partial charge in [-0.2, -0.15) is 0 Å². The number of carbonyl (C=O) groups is 1. The maximum atomic E-state index is 13.3. The lowest BCUT2D eigenvalue weighted by Gasteiger charge is -2.17. The van der Waals surface area contributed by atoms with Gasteiger partial charge in [-0.15, -0.1) is 0 Å². The first-order valence-electron chi connectivity index (χ1n) is 6.69. The fourth-order valence-electron chi connectivity index (χ4n) is 2.46. The molecule has 4 nitrogen and oxygen atoms in total. The van der Waals surface area contributed by atoms with Gasteiger partial charge in [0.25, 0.3) is 5.56 Å². The second kappa shape index (κ2) is 4.84. The average molecular weight is 287 g/mol. The van der Waals surface area contributed by atoms with Crippen LogP contribution in [0, 0.1) is 0 Å². The van der Waals surface area contributed by atoms with Gasteiger partial charge in [-0.1, -0.05) is 30.3 Å². The van der Waals surface area contributed by atoms with Crippen molar-refractivity contribution in [3.8, 4) is 11.1 Å². The van der Waals surface area contributed by atoms with Gasteiger partial charge in [0, 0.05) is 11.8 Å². The Morgan fingerprint density at radius 3 is 2.48 bits per heavy atom. The molecule has 1 aromatic carbocycles. The van der Waals surface area contributed by atoms with Crippen LogP contribution in [0.25, 0.3) is 11.1 Å². The molecule has 0 saturated heterocycles. The molecule has 1 N–H and O–H groups in total. The summed E-state index contributed by atoms with van der Waals surface area (Å²) in [5, 5.41) is 9.22. The summed E-state index contributed by atoms with van der Waals surface area (Å²) in [6.07, 6.45) is 2.37. The normalized spacial score (nSPS) is 15.7. The largest absolute Gasteiger partial charge is 0.478 e. The third-order valence-electron chi connectivity index (χ3n) is 3.94. The second-order valence-corrected chi connectivity index (χ2v) is 5.35. The highest BCUT2D eigenvalue weighted by molar-refractivity contribution is 5.89. The molecule has 3 rings (SSSR count). The number of hydrogen-bond donors (Lipinski definition) is 1. The molecule has 1 aromatic heterocycles. The van der Waals surface area contributed by atoms with Crippen molar-refractivity contribution < 1.29 is 14.3 Å². The lowest BCUT2D eigenvalue weighted by atomic mass is 10.0. The van der Waals surface area contributed by atoms with Crippen LogP contribution in [0.2, 0.25) is 0 Å². The Labute approximate surface area is 120 Å². The SMILES string of the molecule is O=C(O)c1cc(-c2ccccc2)c(=O)n(C2(CF)CC2)c1. The molecule has 0 unspecified atom stereocenters. The van der Waals surface area contributed by atoms with Crippen molar-refractivity contribution in [1.82, 2.24) is 4.57 Å². The molecule has 0 atom stereocenters. The van der Waals surface area contributed by atoms with Crippen molar-refractivity contribution in [2.45, 2.75) is 18.4 Å². The molecule has 0 amide bonds. The topological polar surface area (TPSA) is 59.3 Å². The number of carboxylic acid groups (broad SMARTS) is 1. The molecular weight excluding hydrogens is 273 g/mol. The van der Waals surface area contributed by atoms with E-state index in [2.05, 4.69) is 0 Å². The highest BCUT2D eigenvalue weighted by Crippen LogP contribution is 2.43. The van der Waals surface area contributed by atoms with Gasteiger partial charge < -0.3 is 9.67 Å². The van der Waals surface area contributed by atoms with E-state index in [0.29, 0.717) is 18.4 Å². The number of aromatic nitrogens is 1. The van der Waals surface area contributed by atoms with Gasteiger partial charge in [0.2, 0.25) is 0 Å². The van der Waals surface area contributed by atoms with E-state index in [-0.39, 0.29) is 16.7 Å². The molecule has 1 saturated carbocycles. The number of rotatable bonds is 4. The number of aromatic carboxylic acids is 1. The zero-order chi connectivity index (χ0) is 15.0. The Bertz CT molecular complexity index is 748. The summed E-state index contributed by atoms with van der Waals surface area (Å²) in [5.41, 5.74) is -0.287. The van der Waals surface area contributed by atoms with Crippen molar-refractivity contribution in [3.63, 3.8) is 0 Å². The number of alkyl halides is 1. The summed E-state index contributed by atoms with van der Waals surface area (Å²) in [6, 6.07) is 10.2. The van der Waals surface area contributed by atoms with Crippen LogP contribution in [0.5, 0.6) is 0 Å². The predicted molar refractivity (Wildman–Crippen MR) is 76.3 cm³/mol. The van der Waals surface area contributed by atoms with Gasteiger partial charge in [-0.25, -0.2) is 9.18 Å². The van der Waals surface area contributed by atoms with E-state index in [1.54, 1.807) is 24.3 Å². The fraction of sp³-hybridized carbons (Fsp3) is 0.250. The number of hydrogen-bond acceptors (Lipinski definition) is 2. The van der Waals surface area contributed by atoms with Crippen LogP contribution in [0.3, 0.4) is 0 Å². The number of nitrogens with zero attached hydrogens (tertiary/aromatic N) is 1. The van der Waals surface area contributed by atoms with Crippen LogP contribution >= 0.6 is 0 Å². The van der Waals surface area contributed by atoms with E-state index in [9.17, 15) is 19.1 Å². The van der Waals surface area contributed by atoms with Gasteiger partial charge in [0.05, 0.1) is 11.1 Å². The Hall–Kier alpha value is -2.43. The summed E-state index contributed by atoms with van der Waals surface area (Å²) in [5.74, 6) is -1.13. The number of pyridine rings is 1. The fourth-order valence-corrected chi connectivity index (χ4v) is 2.46. The molecule has 1 aliphatic rings. The van der Waals surface area contributed by atoms with E-state index in [1.807, 2.05) is 6.07 Å². The number of benzene rings is 1. The van der Waals surface area contributed by atoms with Crippen molar-refractivity contribution >= 4 is 5.97 Å². The van der Waals surface area contributed by atoms with Crippen LogP contribution in [-0.4, -0.2) is 22.3 Å². The highest BCUT2D eigenvalue weighted by Gasteiger charge is 2.46. The van der Waals surface area contributed by atoms with Gasteiger partial charge in [0.1, 0.15) is 6.67 Å². The third kappa shape index (κ3) is 2.24. The molecule has 0 aliphatic heterocycles. The Balaban J connectivity index is 2.25. The van der Waals surface area contributed by atoms with Crippen LogP contribution in [0.15, 0.2) is 47.4 Å². The van der Waals surface area contributed by atoms with Crippen molar-refractivity contribution in [2.75, 3.05) is 6.67 Å². The van der Waals surface area contributed by atoms with Gasteiger partial charge in [-0.3, -0.25) is 4.79 Å². The summed E-state index contributed by atoms with van der Waals surface area (Å²) in [6.45, 7) is -0.662. The summed E-state index contributed by atoms with van der Waals surface area (Å²) in [7, 11) is 0. The third-order valence-corrected chi connectivity index (χ3v) is 3.94. The molecule has 1 aliphatic carbocycles. The zero-order valence-electron chi connectivity index (χ0n) is 11.3. The molecule has 108 valence electrons. The molecule has 0 spiro atoms. The molecule has 0 bridgehead atoms. The quantitative estimate of drug-likeness (QED) is 0.940. The molecule has 0 radical (unpaired) electrons. The van der Waals surface area contributed by atoms with Gasteiger partial charge >= 0.3 is 5.97 Å². The Morgan fingerprint density at radius 1 is 1.29 bits per heavy atom. The van der Waals surface area contributed by atoms with Crippen molar-refractivity contribution in [1.29, 1.82) is 0 Å². The van der Waals surface area contributed by atoms with Crippen LogP contribution in [0.1, 0.15) is 23.2 Å². The minimum atomic E-state index is -1.13. The minimum absolute atomic E-state index is 0.00632. The zero-order valence-corrected chi connectivity index (χ0v) is 11.3. The smallest absolute Gasteiger partial charge is 0.337 e. The summed E-state index contributed by atoms with van der Waals surface area (Å²) >= 11 is 0. The standard InChI is InChI=1S/C16H14FNO3/c17-10-16(6-7-16)18-9-12(15(20)21)8-13(14(18)19)11-4-2-1-3-5-11/h1-5,8-9H,6-7,10H2,(H,20,21). The van der Waals surface area contributed by atoms with E-state index in [0.717, 1.165) is 0 Å². The lowest BCUT2D eigenvalue weighted by molar-refractivity contribution is 0.0695. The molecular formula is C16H14FNO3. The molecule has 2 aromatic rings. The number of halogens is 1. The van der Waals surface area contributed by atoms with E-state index >= 15 is 0 Å². The Morgan fingerprint density at radius 2 is 1.95 bits per heavy atom. The molecule has 5 heteroatoms. The molecule has 1 fully saturated rings. The number of carboxylic acids is 1. The summed E-state index contributed by atoms with van der Waals surface area (Å²) < 4.78 is 14.5. The van der Waals surface area contributed by atoms with Gasteiger partial charge in [0.15, 0.2) is 0 Å². The minimum Gasteiger partial charge on any atom is -0.478 e. The first-order chi connectivity index (χ1) is 10.1. The van der Waals surface area contributed by atoms with Crippen LogP contribution in [-0.2, 0) is 5.54 Å². The molecule has 1 heterocycles. The van der Waals surface area contributed by atoms with Crippen LogP contribution < -0.4 is 5.56 Å². The average Bonchev–Trinajstić information content (AvgIpc) is 3.29. The first kappa shape index (κ1) is 13.5. The van der Waals surface area contributed by atoms with Gasteiger partial charge in [-0.05, 0) is 24.5 Å². The van der Waals surface area contributed by atoms with Crippen LogP contribution in [0.4, 0.5) is 4.39 Å². The van der Waals surface area contributed by atoms with E-state index < -0.39 is 18.2 Å². The highest BCUT2D eigenvalue weighted by atomic mass is 19.1. The maximum Gasteiger partial charge on any atom is 0.337 e.